The van der Waals surface area contributed by atoms with Crippen molar-refractivity contribution in [1.82, 2.24) is 25.1 Å². The van der Waals surface area contributed by atoms with Crippen LogP contribution in [0.2, 0.25) is 0 Å². The molecule has 26 nitrogen and oxygen atoms in total. The summed E-state index contributed by atoms with van der Waals surface area (Å²) < 4.78 is 54.3. The van der Waals surface area contributed by atoms with Gasteiger partial charge in [0.25, 0.3) is 11.8 Å². The van der Waals surface area contributed by atoms with Gasteiger partial charge in [-0.15, -0.1) is 28.6 Å². The third-order valence-electron chi connectivity index (χ3n) is 14.3. The zero-order valence-corrected chi connectivity index (χ0v) is 54.3. The molecule has 0 saturated carbocycles. The maximum atomic E-state index is 13.5. The number of nitrogens with one attached hydrogen (secondary N) is 1. The molecular formula is C60H101N5O21S2. The number of imide groups is 3. The SMILES string of the molecule is COCCOCC(COCCCCC(=O)CCN1C(=O)CC(SCCCCCCN(CCCCCCSC2CC(=O)N(CCC(=O)NCCCOCC(COCCOC)OCCOC)C2=O)C(=O)CCCC(=O)ON2C(=O)CCC2=O)C1=O)OCCOC. The molecule has 4 unspecified atom stereocenters. The van der Waals surface area contributed by atoms with E-state index in [0.29, 0.717) is 154 Å². The zero-order chi connectivity index (χ0) is 64.0. The smallest absolute Gasteiger partial charge is 0.333 e. The molecule has 3 heterocycles. The van der Waals surface area contributed by atoms with E-state index in [1.807, 2.05) is 0 Å². The Morgan fingerprint density at radius 2 is 0.955 bits per heavy atom. The monoisotopic (exact) mass is 1290 g/mol. The lowest BCUT2D eigenvalue weighted by molar-refractivity contribution is -0.197. The van der Waals surface area contributed by atoms with Crippen LogP contribution in [0.1, 0.15) is 135 Å². The normalized spacial score (nSPS) is 16.8. The number of hydrogen-bond acceptors (Lipinski definition) is 23. The quantitative estimate of drug-likeness (QED) is 0.0667. The molecule has 3 rings (SSSR count). The second-order valence-electron chi connectivity index (χ2n) is 21.5. The highest BCUT2D eigenvalue weighted by Gasteiger charge is 2.40. The maximum Gasteiger partial charge on any atom is 0.333 e. The lowest BCUT2D eigenvalue weighted by atomic mass is 10.1. The van der Waals surface area contributed by atoms with Crippen molar-refractivity contribution in [3.63, 3.8) is 0 Å². The van der Waals surface area contributed by atoms with Crippen molar-refractivity contribution in [2.24, 2.45) is 0 Å². The van der Waals surface area contributed by atoms with Crippen LogP contribution in [-0.2, 0) is 100 Å². The number of carbonyl (C=O) groups excluding carboxylic acids is 10. The minimum absolute atomic E-state index is 0.00215. The van der Waals surface area contributed by atoms with Crippen molar-refractivity contribution < 1.29 is 100 Å². The first-order valence-corrected chi connectivity index (χ1v) is 33.4. The molecule has 3 saturated heterocycles. The summed E-state index contributed by atoms with van der Waals surface area (Å²) >= 11 is 2.89. The first kappa shape index (κ1) is 78.0. The van der Waals surface area contributed by atoms with E-state index in [2.05, 4.69) is 5.32 Å². The Balaban J connectivity index is 1.31. The van der Waals surface area contributed by atoms with Crippen LogP contribution in [0.25, 0.3) is 0 Å². The predicted octanol–water partition coefficient (Wildman–Crippen LogP) is 3.88. The van der Waals surface area contributed by atoms with Crippen LogP contribution in [-0.4, -0.2) is 267 Å². The van der Waals surface area contributed by atoms with Crippen LogP contribution in [0.15, 0.2) is 0 Å². The van der Waals surface area contributed by atoms with Gasteiger partial charge in [-0.1, -0.05) is 25.7 Å². The molecule has 0 aromatic carbocycles. The maximum absolute atomic E-state index is 13.5. The highest BCUT2D eigenvalue weighted by atomic mass is 32.2. The molecule has 3 aliphatic rings. The fourth-order valence-electron chi connectivity index (χ4n) is 9.33. The largest absolute Gasteiger partial charge is 0.382 e. The minimum Gasteiger partial charge on any atom is -0.382 e. The van der Waals surface area contributed by atoms with Gasteiger partial charge in [0.2, 0.25) is 35.4 Å². The number of carbonyl (C=O) groups is 10. The van der Waals surface area contributed by atoms with Crippen molar-refractivity contribution in [2.45, 2.75) is 158 Å². The molecule has 4 atom stereocenters. The second-order valence-corrected chi connectivity index (χ2v) is 24.1. The van der Waals surface area contributed by atoms with E-state index in [-0.39, 0.29) is 124 Å². The van der Waals surface area contributed by atoms with Crippen LogP contribution in [0, 0.1) is 0 Å². The fraction of sp³-hybridized carbons (Fsp3) is 0.833. The van der Waals surface area contributed by atoms with Gasteiger partial charge in [0.15, 0.2) is 0 Å². The van der Waals surface area contributed by atoms with E-state index in [9.17, 15) is 47.9 Å². The molecule has 28 heteroatoms. The summed E-state index contributed by atoms with van der Waals surface area (Å²) in [5.74, 6) is -2.07. The first-order valence-electron chi connectivity index (χ1n) is 31.3. The standard InChI is InChI=1S/C60H101N5O21S2/c1-76-31-35-82-45-48(84-37-33-78-3)43-80-29-12-9-17-47(66)22-27-63-56(71)41-50(59(63)74)87-39-13-7-5-10-25-62(53(68)18-15-19-58(73)86-65-54(69)20-21-55(65)70)26-11-6-8-14-40-88-51-42-57(72)64(60(51)75)28-23-52(67)61-24-16-30-81-44-49(85-38-34-79-4)46-83-36-32-77-2/h48-51H,5-46H2,1-4H3,(H,61,67). The molecule has 8 amide bonds. The van der Waals surface area contributed by atoms with Gasteiger partial charge in [-0.3, -0.25) is 53.0 Å². The third-order valence-corrected chi connectivity index (χ3v) is 16.9. The van der Waals surface area contributed by atoms with Gasteiger partial charge in [-0.25, -0.2) is 4.79 Å². The molecule has 0 radical (unpaired) electrons. The Labute approximate surface area is 528 Å². The number of amides is 8. The van der Waals surface area contributed by atoms with Gasteiger partial charge >= 0.3 is 5.97 Å². The number of hydroxylamine groups is 2. The first-order chi connectivity index (χ1) is 42.7. The third kappa shape index (κ3) is 34.3. The number of ether oxygens (including phenoxy) is 10. The van der Waals surface area contributed by atoms with Gasteiger partial charge < -0.3 is 62.4 Å². The second kappa shape index (κ2) is 49.5. The number of Topliss-reactive ketones (excluding diaryl/α,β-unsaturated/α-hetero) is 1. The molecule has 88 heavy (non-hydrogen) atoms. The van der Waals surface area contributed by atoms with Crippen LogP contribution in [0.5, 0.6) is 0 Å². The number of likely N-dealkylation sites (tertiary alicyclic amines) is 2. The Morgan fingerprint density at radius 3 is 1.47 bits per heavy atom. The summed E-state index contributed by atoms with van der Waals surface area (Å²) in [6.45, 7) is 7.23. The number of hydrogen-bond donors (Lipinski definition) is 1. The molecule has 0 aromatic rings. The number of unbranched alkanes of at least 4 members (excludes halogenated alkanes) is 7. The van der Waals surface area contributed by atoms with E-state index in [1.54, 1.807) is 33.3 Å². The van der Waals surface area contributed by atoms with Crippen LogP contribution >= 0.6 is 23.5 Å². The minimum atomic E-state index is -0.762. The highest BCUT2D eigenvalue weighted by Crippen LogP contribution is 2.28. The predicted molar refractivity (Wildman–Crippen MR) is 326 cm³/mol. The topological polar surface area (TPSA) is 297 Å². The Kier molecular flexibility index (Phi) is 43.9. The van der Waals surface area contributed by atoms with E-state index in [0.717, 1.165) is 51.4 Å². The van der Waals surface area contributed by atoms with Gasteiger partial charge in [0, 0.05) is 132 Å². The summed E-state index contributed by atoms with van der Waals surface area (Å²) in [6.07, 6.45) is 8.42. The van der Waals surface area contributed by atoms with Gasteiger partial charge in [0.1, 0.15) is 18.0 Å². The number of methoxy groups -OCH3 is 4. The van der Waals surface area contributed by atoms with Crippen molar-refractivity contribution in [3.05, 3.63) is 0 Å². The summed E-state index contributed by atoms with van der Waals surface area (Å²) in [7, 11) is 6.40. The van der Waals surface area contributed by atoms with Gasteiger partial charge in [-0.05, 0) is 62.9 Å². The van der Waals surface area contributed by atoms with E-state index in [4.69, 9.17) is 52.2 Å². The lowest BCUT2D eigenvalue weighted by Gasteiger charge is -2.23. The molecule has 0 bridgehead atoms. The Bertz CT molecular complexity index is 1940. The van der Waals surface area contributed by atoms with Gasteiger partial charge in [-0.2, -0.15) is 0 Å². The summed E-state index contributed by atoms with van der Waals surface area (Å²) in [5, 5.41) is 2.34. The molecular weight excluding hydrogens is 1190 g/mol. The number of ketones is 1. The molecule has 0 spiro atoms. The highest BCUT2D eigenvalue weighted by molar-refractivity contribution is 8.00. The molecule has 0 aromatic heterocycles. The van der Waals surface area contributed by atoms with E-state index >= 15 is 0 Å². The van der Waals surface area contributed by atoms with Crippen LogP contribution in [0.4, 0.5) is 0 Å². The van der Waals surface area contributed by atoms with E-state index < -0.39 is 28.3 Å². The fourth-order valence-corrected chi connectivity index (χ4v) is 11.7. The molecule has 3 fully saturated rings. The average Bonchev–Trinajstić information content (AvgIpc) is 3.25. The van der Waals surface area contributed by atoms with Crippen LogP contribution in [0.3, 0.4) is 0 Å². The van der Waals surface area contributed by atoms with E-state index in [1.165, 1.54) is 33.3 Å². The summed E-state index contributed by atoms with van der Waals surface area (Å²) in [4.78, 5) is 136. The molecule has 504 valence electrons. The number of nitrogens with zero attached hydrogens (tertiary/aromatic N) is 4. The molecule has 3 aliphatic heterocycles. The number of thioether (sulfide) groups is 2. The average molecular weight is 1290 g/mol. The van der Waals surface area contributed by atoms with Crippen molar-refractivity contribution in [2.75, 3.05) is 165 Å². The summed E-state index contributed by atoms with van der Waals surface area (Å²) in [6, 6.07) is 0. The van der Waals surface area contributed by atoms with Crippen molar-refractivity contribution in [1.29, 1.82) is 0 Å². The van der Waals surface area contributed by atoms with Gasteiger partial charge in [0.05, 0.1) is 89.8 Å². The number of rotatable bonds is 58. The van der Waals surface area contributed by atoms with Crippen molar-refractivity contribution in [3.8, 4) is 0 Å². The Morgan fingerprint density at radius 1 is 0.489 bits per heavy atom. The van der Waals surface area contributed by atoms with Crippen molar-refractivity contribution >= 4 is 82.5 Å². The molecule has 0 aliphatic carbocycles. The lowest BCUT2D eigenvalue weighted by Crippen LogP contribution is -2.36. The summed E-state index contributed by atoms with van der Waals surface area (Å²) in [5.41, 5.74) is 0. The Hall–Kier alpha value is -4.20. The van der Waals surface area contributed by atoms with Crippen LogP contribution < -0.4 is 5.32 Å². The molecule has 1 N–H and O–H groups in total. The zero-order valence-electron chi connectivity index (χ0n) is 52.7.